The first-order chi connectivity index (χ1) is 12.1. The van der Waals surface area contributed by atoms with E-state index in [0.29, 0.717) is 12.1 Å². The summed E-state index contributed by atoms with van der Waals surface area (Å²) in [6.07, 6.45) is 1.25. The van der Waals surface area contributed by atoms with Crippen LogP contribution in [0.25, 0.3) is 10.9 Å². The van der Waals surface area contributed by atoms with E-state index >= 15 is 0 Å². The lowest BCUT2D eigenvalue weighted by atomic mass is 10.1. The fraction of sp³-hybridized carbons (Fsp3) is 0.444. The zero-order valence-electron chi connectivity index (χ0n) is 15.4. The molecule has 2 aromatic rings. The van der Waals surface area contributed by atoms with E-state index in [1.54, 1.807) is 6.92 Å². The van der Waals surface area contributed by atoms with Crippen LogP contribution in [0.3, 0.4) is 0 Å². The Morgan fingerprint density at radius 3 is 2.62 bits per heavy atom. The normalized spacial score (nSPS) is 11.4. The van der Waals surface area contributed by atoms with Gasteiger partial charge in [-0.05, 0) is 45.9 Å². The monoisotopic (exact) mass is 362 g/mol. The fourth-order valence-corrected chi connectivity index (χ4v) is 2.50. The molecule has 26 heavy (non-hydrogen) atoms. The molecule has 1 aromatic carbocycles. The number of hydrogen-bond donors (Lipinski definition) is 1. The lowest BCUT2D eigenvalue weighted by Gasteiger charge is -2.25. The summed E-state index contributed by atoms with van der Waals surface area (Å²) in [7, 11) is 0. The Kier molecular flexibility index (Phi) is 5.74. The van der Waals surface area contributed by atoms with E-state index in [9.17, 15) is 18.8 Å². The van der Waals surface area contributed by atoms with Crippen LogP contribution in [-0.2, 0) is 16.1 Å². The Morgan fingerprint density at radius 1 is 1.31 bits per heavy atom. The third kappa shape index (κ3) is 4.87. The number of hydrogen-bond acceptors (Lipinski definition) is 4. The third-order valence-electron chi connectivity index (χ3n) is 3.67. The van der Waals surface area contributed by atoms with Gasteiger partial charge in [-0.2, -0.15) is 0 Å². The van der Waals surface area contributed by atoms with Crippen molar-refractivity contribution < 1.29 is 14.0 Å². The van der Waals surface area contributed by atoms with E-state index in [4.69, 9.17) is 0 Å². The molecule has 0 unspecified atom stereocenters. The highest BCUT2D eigenvalue weighted by Gasteiger charge is 2.20. The number of nitrogens with one attached hydrogen (secondary N) is 1. The molecule has 0 saturated heterocycles. The van der Waals surface area contributed by atoms with E-state index < -0.39 is 22.8 Å². The average molecular weight is 362 g/mol. The second-order valence-corrected chi connectivity index (χ2v) is 7.05. The van der Waals surface area contributed by atoms with E-state index in [0.717, 1.165) is 10.6 Å². The predicted octanol–water partition coefficient (Wildman–Crippen LogP) is 1.30. The molecular weight excluding hydrogens is 339 g/mol. The molecule has 8 heteroatoms. The van der Waals surface area contributed by atoms with Crippen molar-refractivity contribution in [2.45, 2.75) is 39.8 Å². The van der Waals surface area contributed by atoms with Gasteiger partial charge in [0.05, 0.1) is 23.8 Å². The predicted molar refractivity (Wildman–Crippen MR) is 96.1 cm³/mol. The molecule has 0 aliphatic rings. The van der Waals surface area contributed by atoms with Crippen LogP contribution in [0.4, 0.5) is 4.39 Å². The molecule has 2 amide bonds. The lowest BCUT2D eigenvalue weighted by molar-refractivity contribution is -0.136. The number of aromatic nitrogens is 2. The highest BCUT2D eigenvalue weighted by molar-refractivity contribution is 5.85. The number of fused-ring (bicyclic) bond motifs is 1. The number of carbonyl (C=O) groups excluding carboxylic acids is 2. The molecule has 0 aliphatic carbocycles. The van der Waals surface area contributed by atoms with Crippen molar-refractivity contribution in [2.75, 3.05) is 13.1 Å². The Bertz CT molecular complexity index is 886. The first kappa shape index (κ1) is 19.6. The number of amides is 2. The lowest BCUT2D eigenvalue weighted by Crippen LogP contribution is -2.48. The molecule has 1 aromatic heterocycles. The van der Waals surface area contributed by atoms with E-state index in [-0.39, 0.29) is 24.4 Å². The maximum absolute atomic E-state index is 13.4. The second kappa shape index (κ2) is 7.63. The van der Waals surface area contributed by atoms with Crippen LogP contribution in [0, 0.1) is 5.82 Å². The van der Waals surface area contributed by atoms with Crippen LogP contribution in [0.2, 0.25) is 0 Å². The number of halogens is 1. The topological polar surface area (TPSA) is 84.3 Å². The maximum atomic E-state index is 13.4. The molecule has 0 fully saturated rings. The Labute approximate surface area is 150 Å². The molecule has 2 rings (SSSR count). The van der Waals surface area contributed by atoms with Crippen molar-refractivity contribution in [1.29, 1.82) is 0 Å². The van der Waals surface area contributed by atoms with Crippen molar-refractivity contribution in [1.82, 2.24) is 19.8 Å². The van der Waals surface area contributed by atoms with E-state index in [1.807, 2.05) is 20.8 Å². The minimum Gasteiger partial charge on any atom is -0.350 e. The van der Waals surface area contributed by atoms with Crippen molar-refractivity contribution in [3.63, 3.8) is 0 Å². The van der Waals surface area contributed by atoms with Crippen molar-refractivity contribution in [2.24, 2.45) is 0 Å². The van der Waals surface area contributed by atoms with Gasteiger partial charge in [0.25, 0.3) is 5.56 Å². The quantitative estimate of drug-likeness (QED) is 0.869. The molecule has 1 heterocycles. The smallest absolute Gasteiger partial charge is 0.261 e. The fourth-order valence-electron chi connectivity index (χ4n) is 2.50. The molecule has 0 radical (unpaired) electrons. The average Bonchev–Trinajstić information content (AvgIpc) is 2.54. The van der Waals surface area contributed by atoms with Crippen molar-refractivity contribution >= 4 is 22.7 Å². The molecule has 0 saturated carbocycles. The SMILES string of the molecule is CCN(CC(=O)NC(C)(C)C)C(=O)Cn1cnc2ccc(F)cc2c1=O. The van der Waals surface area contributed by atoms with Crippen molar-refractivity contribution in [3.8, 4) is 0 Å². The molecular formula is C18H23FN4O3. The number of rotatable bonds is 5. The molecule has 0 spiro atoms. The molecule has 7 nitrogen and oxygen atoms in total. The maximum Gasteiger partial charge on any atom is 0.261 e. The van der Waals surface area contributed by atoms with Gasteiger partial charge in [0.15, 0.2) is 0 Å². The van der Waals surface area contributed by atoms with Crippen LogP contribution in [-0.4, -0.2) is 44.9 Å². The number of benzene rings is 1. The van der Waals surface area contributed by atoms with Crippen LogP contribution in [0.1, 0.15) is 27.7 Å². The Balaban J connectivity index is 2.17. The summed E-state index contributed by atoms with van der Waals surface area (Å²) in [4.78, 5) is 42.4. The molecule has 0 atom stereocenters. The Hall–Kier alpha value is -2.77. The van der Waals surface area contributed by atoms with E-state index in [2.05, 4.69) is 10.3 Å². The summed E-state index contributed by atoms with van der Waals surface area (Å²) in [6, 6.07) is 3.73. The molecule has 1 N–H and O–H groups in total. The highest BCUT2D eigenvalue weighted by Crippen LogP contribution is 2.08. The first-order valence-corrected chi connectivity index (χ1v) is 8.34. The van der Waals surface area contributed by atoms with Crippen LogP contribution < -0.4 is 10.9 Å². The van der Waals surface area contributed by atoms with Crippen molar-refractivity contribution in [3.05, 3.63) is 40.7 Å². The summed E-state index contributed by atoms with van der Waals surface area (Å²) in [5.41, 5.74) is -0.543. The minimum atomic E-state index is -0.547. The van der Waals surface area contributed by atoms with Gasteiger partial charge in [-0.1, -0.05) is 0 Å². The minimum absolute atomic E-state index is 0.100. The largest absolute Gasteiger partial charge is 0.350 e. The van der Waals surface area contributed by atoms with Crippen LogP contribution in [0.5, 0.6) is 0 Å². The summed E-state index contributed by atoms with van der Waals surface area (Å²) in [5.74, 6) is -1.22. The molecule has 140 valence electrons. The summed E-state index contributed by atoms with van der Waals surface area (Å²) < 4.78 is 14.5. The number of carbonyl (C=O) groups is 2. The molecule has 0 bridgehead atoms. The zero-order valence-corrected chi connectivity index (χ0v) is 15.4. The summed E-state index contributed by atoms with van der Waals surface area (Å²) in [5, 5.41) is 2.89. The van der Waals surface area contributed by atoms with Gasteiger partial charge >= 0.3 is 0 Å². The van der Waals surface area contributed by atoms with Gasteiger partial charge in [-0.15, -0.1) is 0 Å². The van der Waals surface area contributed by atoms with Gasteiger partial charge in [-0.25, -0.2) is 9.37 Å². The van der Waals surface area contributed by atoms with Gasteiger partial charge in [0.1, 0.15) is 12.4 Å². The number of likely N-dealkylation sites (N-methyl/N-ethyl adjacent to an activating group) is 1. The van der Waals surface area contributed by atoms with Gasteiger partial charge in [0.2, 0.25) is 11.8 Å². The third-order valence-corrected chi connectivity index (χ3v) is 3.67. The van der Waals surface area contributed by atoms with Crippen LogP contribution in [0.15, 0.2) is 29.3 Å². The van der Waals surface area contributed by atoms with E-state index in [1.165, 1.54) is 23.4 Å². The van der Waals surface area contributed by atoms with Gasteiger partial charge < -0.3 is 10.2 Å². The zero-order chi connectivity index (χ0) is 19.5. The number of nitrogens with zero attached hydrogens (tertiary/aromatic N) is 3. The van der Waals surface area contributed by atoms with Gasteiger partial charge in [0, 0.05) is 12.1 Å². The molecule has 0 aliphatic heterocycles. The summed E-state index contributed by atoms with van der Waals surface area (Å²) in [6.45, 7) is 7.25. The highest BCUT2D eigenvalue weighted by atomic mass is 19.1. The Morgan fingerprint density at radius 2 is 2.00 bits per heavy atom. The van der Waals surface area contributed by atoms with Gasteiger partial charge in [-0.3, -0.25) is 19.0 Å². The first-order valence-electron chi connectivity index (χ1n) is 8.34. The standard InChI is InChI=1S/C18H23FN4O3/c1-5-22(9-15(24)21-18(2,3)4)16(25)10-23-11-20-14-7-6-12(19)8-13(14)17(23)26/h6-8,11H,5,9-10H2,1-4H3,(H,21,24). The van der Waals surface area contributed by atoms with Crippen LogP contribution >= 0.6 is 0 Å². The second-order valence-electron chi connectivity index (χ2n) is 7.05. The summed E-state index contributed by atoms with van der Waals surface area (Å²) >= 11 is 0.